The van der Waals surface area contributed by atoms with Crippen molar-refractivity contribution < 1.29 is 14.3 Å². The molecule has 4 nitrogen and oxygen atoms in total. The van der Waals surface area contributed by atoms with E-state index >= 15 is 0 Å². The van der Waals surface area contributed by atoms with Gasteiger partial charge in [-0.05, 0) is 42.9 Å². The van der Waals surface area contributed by atoms with Crippen molar-refractivity contribution in [3.63, 3.8) is 0 Å². The summed E-state index contributed by atoms with van der Waals surface area (Å²) in [5.74, 6) is 2.87. The summed E-state index contributed by atoms with van der Waals surface area (Å²) in [7, 11) is 0. The van der Waals surface area contributed by atoms with Crippen molar-refractivity contribution in [2.24, 2.45) is 11.8 Å². The van der Waals surface area contributed by atoms with Crippen molar-refractivity contribution in [3.05, 3.63) is 23.8 Å². The lowest BCUT2D eigenvalue weighted by Crippen LogP contribution is -2.29. The van der Waals surface area contributed by atoms with E-state index in [1.54, 1.807) is 0 Å². The smallest absolute Gasteiger partial charge is 0.254 e. The first kappa shape index (κ1) is 14.2. The molecule has 1 atom stereocenters. The molecule has 2 aliphatic rings. The number of hydrogen-bond acceptors (Lipinski definition) is 3. The van der Waals surface area contributed by atoms with Crippen LogP contribution in [-0.4, -0.2) is 37.1 Å². The molecule has 0 aliphatic carbocycles. The van der Waals surface area contributed by atoms with Crippen molar-refractivity contribution >= 4 is 5.91 Å². The zero-order chi connectivity index (χ0) is 14.8. The highest BCUT2D eigenvalue weighted by molar-refractivity contribution is 5.95. The number of carbonyl (C=O) groups is 1. The Labute approximate surface area is 126 Å². The third kappa shape index (κ3) is 3.14. The summed E-state index contributed by atoms with van der Waals surface area (Å²) in [6.45, 7) is 7.35. The Morgan fingerprint density at radius 1 is 1.29 bits per heavy atom. The molecule has 2 heterocycles. The zero-order valence-electron chi connectivity index (χ0n) is 12.8. The lowest BCUT2D eigenvalue weighted by Gasteiger charge is -2.21. The molecular formula is C17H23NO3. The molecule has 1 fully saturated rings. The van der Waals surface area contributed by atoms with E-state index in [9.17, 15) is 4.79 Å². The van der Waals surface area contributed by atoms with Crippen LogP contribution in [0.25, 0.3) is 0 Å². The zero-order valence-corrected chi connectivity index (χ0v) is 12.8. The molecule has 0 saturated carbocycles. The third-order valence-electron chi connectivity index (χ3n) is 4.17. The van der Waals surface area contributed by atoms with Crippen LogP contribution in [0.5, 0.6) is 11.5 Å². The quantitative estimate of drug-likeness (QED) is 0.858. The monoisotopic (exact) mass is 289 g/mol. The maximum atomic E-state index is 12.6. The minimum absolute atomic E-state index is 0.109. The van der Waals surface area contributed by atoms with Crippen LogP contribution in [0.1, 0.15) is 37.0 Å². The van der Waals surface area contributed by atoms with E-state index < -0.39 is 0 Å². The SMILES string of the molecule is CC(C)CC1CCN(C(=O)c2ccc3c(c2)OCCO3)C1. The molecule has 1 saturated heterocycles. The van der Waals surface area contributed by atoms with Crippen LogP contribution < -0.4 is 9.47 Å². The van der Waals surface area contributed by atoms with Crippen molar-refractivity contribution in [3.8, 4) is 11.5 Å². The maximum absolute atomic E-state index is 12.6. The van der Waals surface area contributed by atoms with Gasteiger partial charge in [0.2, 0.25) is 0 Å². The summed E-state index contributed by atoms with van der Waals surface area (Å²) in [4.78, 5) is 14.6. The molecular weight excluding hydrogens is 266 g/mol. The summed E-state index contributed by atoms with van der Waals surface area (Å²) in [6, 6.07) is 5.49. The fourth-order valence-corrected chi connectivity index (χ4v) is 3.24. The Bertz CT molecular complexity index is 527. The van der Waals surface area contributed by atoms with E-state index in [1.165, 1.54) is 6.42 Å². The molecule has 0 N–H and O–H groups in total. The van der Waals surface area contributed by atoms with E-state index in [2.05, 4.69) is 13.8 Å². The Morgan fingerprint density at radius 3 is 2.81 bits per heavy atom. The molecule has 2 aliphatic heterocycles. The number of carbonyl (C=O) groups excluding carboxylic acids is 1. The average Bonchev–Trinajstić information content (AvgIpc) is 2.93. The fraction of sp³-hybridized carbons (Fsp3) is 0.588. The summed E-state index contributed by atoms with van der Waals surface area (Å²) >= 11 is 0. The third-order valence-corrected chi connectivity index (χ3v) is 4.17. The van der Waals surface area contributed by atoms with E-state index in [0.717, 1.165) is 25.3 Å². The van der Waals surface area contributed by atoms with Crippen molar-refractivity contribution in [1.82, 2.24) is 4.90 Å². The molecule has 0 radical (unpaired) electrons. The number of likely N-dealkylation sites (tertiary alicyclic amines) is 1. The topological polar surface area (TPSA) is 38.8 Å². The molecule has 0 bridgehead atoms. The van der Waals surface area contributed by atoms with E-state index in [1.807, 2.05) is 23.1 Å². The second kappa shape index (κ2) is 5.96. The summed E-state index contributed by atoms with van der Waals surface area (Å²) in [5, 5.41) is 0. The number of rotatable bonds is 3. The Balaban J connectivity index is 1.68. The molecule has 114 valence electrons. The van der Waals surface area contributed by atoms with E-state index in [4.69, 9.17) is 9.47 Å². The van der Waals surface area contributed by atoms with Gasteiger partial charge in [0.15, 0.2) is 11.5 Å². The molecule has 4 heteroatoms. The Hall–Kier alpha value is -1.71. The summed E-state index contributed by atoms with van der Waals surface area (Å²) < 4.78 is 11.0. The van der Waals surface area contributed by atoms with Crippen LogP contribution in [0.2, 0.25) is 0 Å². The van der Waals surface area contributed by atoms with Gasteiger partial charge in [0.25, 0.3) is 5.91 Å². The molecule has 1 amide bonds. The summed E-state index contributed by atoms with van der Waals surface area (Å²) in [6.07, 6.45) is 2.32. The van der Waals surface area contributed by atoms with Gasteiger partial charge in [0.1, 0.15) is 13.2 Å². The van der Waals surface area contributed by atoms with Gasteiger partial charge in [-0.1, -0.05) is 13.8 Å². The predicted molar refractivity (Wildman–Crippen MR) is 80.9 cm³/mol. The van der Waals surface area contributed by atoms with Crippen LogP contribution in [0.3, 0.4) is 0 Å². The highest BCUT2D eigenvalue weighted by Gasteiger charge is 2.28. The van der Waals surface area contributed by atoms with Crippen LogP contribution in [-0.2, 0) is 0 Å². The van der Waals surface area contributed by atoms with Gasteiger partial charge in [-0.3, -0.25) is 4.79 Å². The first-order valence-corrected chi connectivity index (χ1v) is 7.82. The van der Waals surface area contributed by atoms with Gasteiger partial charge in [0.05, 0.1) is 0 Å². The number of fused-ring (bicyclic) bond motifs is 1. The average molecular weight is 289 g/mol. The first-order chi connectivity index (χ1) is 10.1. The molecule has 1 unspecified atom stereocenters. The van der Waals surface area contributed by atoms with Crippen molar-refractivity contribution in [1.29, 1.82) is 0 Å². The minimum atomic E-state index is 0.109. The fourth-order valence-electron chi connectivity index (χ4n) is 3.24. The van der Waals surface area contributed by atoms with Crippen LogP contribution >= 0.6 is 0 Å². The second-order valence-electron chi connectivity index (χ2n) is 6.39. The van der Waals surface area contributed by atoms with Crippen LogP contribution in [0.15, 0.2) is 18.2 Å². The number of ether oxygens (including phenoxy) is 2. The van der Waals surface area contributed by atoms with Gasteiger partial charge < -0.3 is 14.4 Å². The van der Waals surface area contributed by atoms with Crippen molar-refractivity contribution in [2.45, 2.75) is 26.7 Å². The van der Waals surface area contributed by atoms with Gasteiger partial charge in [-0.15, -0.1) is 0 Å². The summed E-state index contributed by atoms with van der Waals surface area (Å²) in [5.41, 5.74) is 0.699. The normalized spacial score (nSPS) is 20.9. The van der Waals surface area contributed by atoms with Gasteiger partial charge >= 0.3 is 0 Å². The highest BCUT2D eigenvalue weighted by Crippen LogP contribution is 2.32. The molecule has 21 heavy (non-hydrogen) atoms. The number of hydrogen-bond donors (Lipinski definition) is 0. The van der Waals surface area contributed by atoms with Crippen molar-refractivity contribution in [2.75, 3.05) is 26.3 Å². The largest absolute Gasteiger partial charge is 0.486 e. The van der Waals surface area contributed by atoms with Gasteiger partial charge in [-0.2, -0.15) is 0 Å². The Kier molecular flexibility index (Phi) is 4.04. The molecule has 1 aromatic carbocycles. The standard InChI is InChI=1S/C17H23NO3/c1-12(2)9-13-5-6-18(11-13)17(19)14-3-4-15-16(10-14)21-8-7-20-15/h3-4,10,12-13H,5-9,11H2,1-2H3. The number of amides is 1. The lowest BCUT2D eigenvalue weighted by atomic mass is 9.97. The minimum Gasteiger partial charge on any atom is -0.486 e. The van der Waals surface area contributed by atoms with Gasteiger partial charge in [0, 0.05) is 18.7 Å². The highest BCUT2D eigenvalue weighted by atomic mass is 16.6. The van der Waals surface area contributed by atoms with Crippen LogP contribution in [0, 0.1) is 11.8 Å². The molecule has 0 spiro atoms. The molecule has 0 aromatic heterocycles. The van der Waals surface area contributed by atoms with Gasteiger partial charge in [-0.25, -0.2) is 0 Å². The molecule has 1 aromatic rings. The number of benzene rings is 1. The first-order valence-electron chi connectivity index (χ1n) is 7.82. The Morgan fingerprint density at radius 2 is 2.05 bits per heavy atom. The van der Waals surface area contributed by atoms with E-state index in [0.29, 0.717) is 36.4 Å². The molecule has 3 rings (SSSR count). The maximum Gasteiger partial charge on any atom is 0.254 e. The van der Waals surface area contributed by atoms with Crippen LogP contribution in [0.4, 0.5) is 0 Å². The lowest BCUT2D eigenvalue weighted by molar-refractivity contribution is 0.0784. The number of nitrogens with zero attached hydrogens (tertiary/aromatic N) is 1. The second-order valence-corrected chi connectivity index (χ2v) is 6.39. The predicted octanol–water partition coefficient (Wildman–Crippen LogP) is 2.97. The van der Waals surface area contributed by atoms with E-state index in [-0.39, 0.29) is 5.91 Å².